The largest absolute Gasteiger partial charge is 0.396 e. The quantitative estimate of drug-likeness (QED) is 0.351. The van der Waals surface area contributed by atoms with E-state index in [-0.39, 0.29) is 5.56 Å². The summed E-state index contributed by atoms with van der Waals surface area (Å²) >= 11 is 0. The second-order valence-electron chi connectivity index (χ2n) is 7.13. The van der Waals surface area contributed by atoms with E-state index in [4.69, 9.17) is 16.3 Å². The molecule has 1 fully saturated rings. The molecule has 0 bridgehead atoms. The van der Waals surface area contributed by atoms with Gasteiger partial charge < -0.3 is 21.2 Å². The number of halogens is 1. The Kier molecular flexibility index (Phi) is 5.60. The van der Waals surface area contributed by atoms with Crippen molar-refractivity contribution in [1.82, 2.24) is 4.98 Å². The number of nitrogens with one attached hydrogen (secondary N) is 2. The lowest BCUT2D eigenvalue weighted by atomic mass is 10.1. The summed E-state index contributed by atoms with van der Waals surface area (Å²) in [4.78, 5) is 16.9. The average molecular weight is 407 g/mol. The molecule has 3 aromatic rings. The van der Waals surface area contributed by atoms with E-state index in [1.54, 1.807) is 30.3 Å². The Balaban J connectivity index is 1.50. The molecule has 30 heavy (non-hydrogen) atoms. The standard InChI is InChI=1S/C22H22FN5O2/c23-18-8-3-14(20-10-9-19(24)21(27-20)28-25)11-17(18)22(29)26-15-4-1-13(2-5-15)12-30-16-6-7-16/h1-5,8-11,16H,6-7,12,24-25H2,(H,26,29)(H,27,28). The van der Waals surface area contributed by atoms with E-state index in [0.29, 0.717) is 41.2 Å². The number of anilines is 3. The Morgan fingerprint density at radius 2 is 1.90 bits per heavy atom. The van der Waals surface area contributed by atoms with Crippen LogP contribution in [0.25, 0.3) is 11.3 Å². The molecule has 4 rings (SSSR count). The average Bonchev–Trinajstić information content (AvgIpc) is 3.58. The highest BCUT2D eigenvalue weighted by Gasteiger charge is 2.21. The van der Waals surface area contributed by atoms with Gasteiger partial charge in [-0.05, 0) is 60.9 Å². The molecule has 154 valence electrons. The summed E-state index contributed by atoms with van der Waals surface area (Å²) in [5.41, 5.74) is 11.1. The predicted octanol–water partition coefficient (Wildman–Crippen LogP) is 3.69. The zero-order valence-electron chi connectivity index (χ0n) is 16.2. The molecule has 1 aliphatic rings. The summed E-state index contributed by atoms with van der Waals surface area (Å²) in [5.74, 6) is 4.53. The van der Waals surface area contributed by atoms with Crippen LogP contribution in [0, 0.1) is 5.82 Å². The predicted molar refractivity (Wildman–Crippen MR) is 114 cm³/mol. The first-order chi connectivity index (χ1) is 14.5. The van der Waals surface area contributed by atoms with Crippen LogP contribution < -0.4 is 22.3 Å². The van der Waals surface area contributed by atoms with E-state index in [2.05, 4.69) is 15.7 Å². The van der Waals surface area contributed by atoms with Crippen molar-refractivity contribution in [3.63, 3.8) is 0 Å². The molecule has 0 spiro atoms. The van der Waals surface area contributed by atoms with Gasteiger partial charge in [-0.25, -0.2) is 15.2 Å². The van der Waals surface area contributed by atoms with Gasteiger partial charge in [-0.1, -0.05) is 12.1 Å². The maximum Gasteiger partial charge on any atom is 0.258 e. The Labute approximate surface area is 173 Å². The van der Waals surface area contributed by atoms with Gasteiger partial charge in [0.2, 0.25) is 0 Å². The number of benzene rings is 2. The third kappa shape index (κ3) is 4.56. The molecule has 0 unspecified atom stereocenters. The summed E-state index contributed by atoms with van der Waals surface area (Å²) in [6.45, 7) is 0.545. The summed E-state index contributed by atoms with van der Waals surface area (Å²) in [5, 5.41) is 2.72. The number of nitrogen functional groups attached to an aromatic ring is 2. The maximum atomic E-state index is 14.3. The number of ether oxygens (including phenoxy) is 1. The van der Waals surface area contributed by atoms with E-state index < -0.39 is 11.7 Å². The minimum Gasteiger partial charge on any atom is -0.396 e. The fraction of sp³-hybridized carbons (Fsp3) is 0.182. The number of nitrogens with two attached hydrogens (primary N) is 2. The number of pyridine rings is 1. The van der Waals surface area contributed by atoms with Crippen molar-refractivity contribution in [2.75, 3.05) is 16.5 Å². The van der Waals surface area contributed by atoms with Crippen LogP contribution in [-0.2, 0) is 11.3 Å². The van der Waals surface area contributed by atoms with Crippen molar-refractivity contribution in [2.45, 2.75) is 25.6 Å². The molecule has 2 aromatic carbocycles. The molecule has 8 heteroatoms. The first-order valence-corrected chi connectivity index (χ1v) is 9.58. The lowest BCUT2D eigenvalue weighted by molar-refractivity contribution is 0.102. The topological polar surface area (TPSA) is 115 Å². The zero-order valence-corrected chi connectivity index (χ0v) is 16.2. The molecule has 1 heterocycles. The molecule has 0 aliphatic heterocycles. The lowest BCUT2D eigenvalue weighted by Gasteiger charge is -2.10. The molecule has 0 atom stereocenters. The first-order valence-electron chi connectivity index (χ1n) is 9.58. The van der Waals surface area contributed by atoms with Crippen molar-refractivity contribution in [1.29, 1.82) is 0 Å². The zero-order chi connectivity index (χ0) is 21.1. The SMILES string of the molecule is NNc1nc(-c2ccc(F)c(C(=O)Nc3ccc(COC4CC4)cc3)c2)ccc1N. The highest BCUT2D eigenvalue weighted by molar-refractivity contribution is 6.05. The maximum absolute atomic E-state index is 14.3. The number of hydrogen-bond acceptors (Lipinski definition) is 6. The fourth-order valence-corrected chi connectivity index (χ4v) is 2.94. The normalized spacial score (nSPS) is 13.1. The van der Waals surface area contributed by atoms with Gasteiger partial charge in [0.15, 0.2) is 5.82 Å². The summed E-state index contributed by atoms with van der Waals surface area (Å²) in [7, 11) is 0. The van der Waals surface area contributed by atoms with Gasteiger partial charge in [0.25, 0.3) is 5.91 Å². The molecule has 0 radical (unpaired) electrons. The van der Waals surface area contributed by atoms with Gasteiger partial charge in [0.05, 0.1) is 29.7 Å². The monoisotopic (exact) mass is 407 g/mol. The van der Waals surface area contributed by atoms with Crippen molar-refractivity contribution in [3.8, 4) is 11.3 Å². The summed E-state index contributed by atoms with van der Waals surface area (Å²) in [6, 6.07) is 14.8. The number of hydrazine groups is 1. The number of amides is 1. The third-order valence-electron chi connectivity index (χ3n) is 4.79. The minimum absolute atomic E-state index is 0.0884. The number of rotatable bonds is 7. The van der Waals surface area contributed by atoms with E-state index in [0.717, 1.165) is 18.4 Å². The number of hydrogen-bond donors (Lipinski definition) is 4. The van der Waals surface area contributed by atoms with Crippen LogP contribution in [0.3, 0.4) is 0 Å². The van der Waals surface area contributed by atoms with Gasteiger partial charge in [-0.15, -0.1) is 0 Å². The molecule has 1 amide bonds. The number of carbonyl (C=O) groups is 1. The smallest absolute Gasteiger partial charge is 0.258 e. The van der Waals surface area contributed by atoms with E-state index in [9.17, 15) is 9.18 Å². The Morgan fingerprint density at radius 1 is 1.13 bits per heavy atom. The van der Waals surface area contributed by atoms with E-state index in [1.807, 2.05) is 12.1 Å². The number of nitrogens with zero attached hydrogens (tertiary/aromatic N) is 1. The third-order valence-corrected chi connectivity index (χ3v) is 4.79. The van der Waals surface area contributed by atoms with Crippen molar-refractivity contribution in [2.24, 2.45) is 5.84 Å². The van der Waals surface area contributed by atoms with Crippen LogP contribution in [0.15, 0.2) is 54.6 Å². The van der Waals surface area contributed by atoms with Crippen LogP contribution in [0.2, 0.25) is 0 Å². The van der Waals surface area contributed by atoms with Gasteiger partial charge >= 0.3 is 0 Å². The molecule has 7 nitrogen and oxygen atoms in total. The number of carbonyl (C=O) groups excluding carboxylic acids is 1. The van der Waals surface area contributed by atoms with Gasteiger partial charge in [0, 0.05) is 11.3 Å². The van der Waals surface area contributed by atoms with Crippen molar-refractivity contribution in [3.05, 3.63) is 71.5 Å². The fourth-order valence-electron chi connectivity index (χ4n) is 2.94. The first kappa shape index (κ1) is 19.8. The molecular formula is C22H22FN5O2. The minimum atomic E-state index is -0.627. The Morgan fingerprint density at radius 3 is 2.60 bits per heavy atom. The van der Waals surface area contributed by atoms with Gasteiger partial charge in [-0.2, -0.15) is 0 Å². The Hall–Kier alpha value is -3.49. The second kappa shape index (κ2) is 8.48. The molecule has 1 aliphatic carbocycles. The second-order valence-corrected chi connectivity index (χ2v) is 7.13. The Bertz CT molecular complexity index is 1070. The lowest BCUT2D eigenvalue weighted by Crippen LogP contribution is -2.14. The van der Waals surface area contributed by atoms with Gasteiger partial charge in [-0.3, -0.25) is 4.79 Å². The summed E-state index contributed by atoms with van der Waals surface area (Å²) in [6.07, 6.45) is 2.62. The highest BCUT2D eigenvalue weighted by atomic mass is 19.1. The van der Waals surface area contributed by atoms with Gasteiger partial charge in [0.1, 0.15) is 5.82 Å². The van der Waals surface area contributed by atoms with E-state index in [1.165, 1.54) is 12.1 Å². The van der Waals surface area contributed by atoms with Crippen LogP contribution in [-0.4, -0.2) is 17.0 Å². The highest BCUT2D eigenvalue weighted by Crippen LogP contribution is 2.26. The van der Waals surface area contributed by atoms with Crippen LogP contribution in [0.5, 0.6) is 0 Å². The molecule has 1 saturated carbocycles. The van der Waals surface area contributed by atoms with Crippen LogP contribution >= 0.6 is 0 Å². The summed E-state index contributed by atoms with van der Waals surface area (Å²) < 4.78 is 20.0. The van der Waals surface area contributed by atoms with Crippen molar-refractivity contribution >= 4 is 23.1 Å². The molecular weight excluding hydrogens is 385 g/mol. The molecule has 0 saturated heterocycles. The van der Waals surface area contributed by atoms with E-state index >= 15 is 0 Å². The molecule has 1 aromatic heterocycles. The molecule has 6 N–H and O–H groups in total. The van der Waals surface area contributed by atoms with Crippen LogP contribution in [0.1, 0.15) is 28.8 Å². The number of aromatic nitrogens is 1. The van der Waals surface area contributed by atoms with Crippen LogP contribution in [0.4, 0.5) is 21.6 Å². The van der Waals surface area contributed by atoms with Crippen molar-refractivity contribution < 1.29 is 13.9 Å².